The summed E-state index contributed by atoms with van der Waals surface area (Å²) in [6.45, 7) is 1.35. The van der Waals surface area contributed by atoms with E-state index >= 15 is 0 Å². The van der Waals surface area contributed by atoms with Crippen LogP contribution in [0.15, 0.2) is 24.3 Å². The molecule has 2 rings (SSSR count). The van der Waals surface area contributed by atoms with Crippen LogP contribution in [-0.4, -0.2) is 30.8 Å². The molecule has 0 saturated carbocycles. The van der Waals surface area contributed by atoms with Gasteiger partial charge in [0.05, 0.1) is 6.61 Å². The van der Waals surface area contributed by atoms with Gasteiger partial charge in [-0.3, -0.25) is 4.79 Å². The summed E-state index contributed by atoms with van der Waals surface area (Å²) in [5, 5.41) is 12.1. The molecule has 1 saturated heterocycles. The Kier molecular flexibility index (Phi) is 3.76. The molecular formula is C13H17NO3. The van der Waals surface area contributed by atoms with Crippen LogP contribution in [0.2, 0.25) is 0 Å². The topological polar surface area (TPSA) is 58.6 Å². The summed E-state index contributed by atoms with van der Waals surface area (Å²) < 4.78 is 5.05. The van der Waals surface area contributed by atoms with E-state index in [1.54, 1.807) is 7.11 Å². The van der Waals surface area contributed by atoms with Crippen LogP contribution in [0.4, 0.5) is 0 Å². The highest BCUT2D eigenvalue weighted by molar-refractivity contribution is 5.75. The molecule has 17 heavy (non-hydrogen) atoms. The van der Waals surface area contributed by atoms with Crippen molar-refractivity contribution in [1.82, 2.24) is 5.32 Å². The minimum absolute atomic E-state index is 0.0732. The first kappa shape index (κ1) is 12.1. The molecule has 1 aliphatic rings. The molecule has 1 aliphatic heterocycles. The quantitative estimate of drug-likeness (QED) is 0.827. The first-order chi connectivity index (χ1) is 8.22. The van der Waals surface area contributed by atoms with Gasteiger partial charge in [-0.15, -0.1) is 0 Å². The fraction of sp³-hybridized carbons (Fsp3) is 0.462. The van der Waals surface area contributed by atoms with E-state index in [2.05, 4.69) is 5.32 Å². The highest BCUT2D eigenvalue weighted by atomic mass is 16.5. The van der Waals surface area contributed by atoms with Crippen LogP contribution in [-0.2, 0) is 16.1 Å². The van der Waals surface area contributed by atoms with Gasteiger partial charge in [0.15, 0.2) is 0 Å². The SMILES string of the molecule is COCc1ccc([C@H]2CCN[C@H]2C(=O)O)cc1. The molecule has 2 atom stereocenters. The van der Waals surface area contributed by atoms with Crippen LogP contribution < -0.4 is 5.32 Å². The Morgan fingerprint density at radius 2 is 2.18 bits per heavy atom. The minimum Gasteiger partial charge on any atom is -0.480 e. The normalized spacial score (nSPS) is 23.8. The molecule has 0 amide bonds. The second-order valence-electron chi connectivity index (χ2n) is 4.34. The van der Waals surface area contributed by atoms with E-state index in [9.17, 15) is 4.79 Å². The first-order valence-electron chi connectivity index (χ1n) is 5.76. The van der Waals surface area contributed by atoms with E-state index in [0.29, 0.717) is 6.61 Å². The number of benzene rings is 1. The molecule has 1 fully saturated rings. The van der Waals surface area contributed by atoms with Crippen molar-refractivity contribution in [1.29, 1.82) is 0 Å². The number of methoxy groups -OCH3 is 1. The zero-order chi connectivity index (χ0) is 12.3. The number of hydrogen-bond acceptors (Lipinski definition) is 3. The van der Waals surface area contributed by atoms with Gasteiger partial charge in [0.1, 0.15) is 6.04 Å². The lowest BCUT2D eigenvalue weighted by atomic mass is 9.91. The van der Waals surface area contributed by atoms with Crippen molar-refractivity contribution in [3.05, 3.63) is 35.4 Å². The van der Waals surface area contributed by atoms with E-state index in [-0.39, 0.29) is 5.92 Å². The molecule has 0 bridgehead atoms. The number of nitrogens with one attached hydrogen (secondary N) is 1. The summed E-state index contributed by atoms with van der Waals surface area (Å²) in [6.07, 6.45) is 0.876. The summed E-state index contributed by atoms with van der Waals surface area (Å²) in [4.78, 5) is 11.1. The maximum atomic E-state index is 11.1. The molecule has 0 unspecified atom stereocenters. The van der Waals surface area contributed by atoms with E-state index in [4.69, 9.17) is 9.84 Å². The van der Waals surface area contributed by atoms with Crippen molar-refractivity contribution >= 4 is 5.97 Å². The van der Waals surface area contributed by atoms with Gasteiger partial charge in [0.25, 0.3) is 0 Å². The molecule has 2 N–H and O–H groups in total. The lowest BCUT2D eigenvalue weighted by Crippen LogP contribution is -2.34. The monoisotopic (exact) mass is 235 g/mol. The van der Waals surface area contributed by atoms with Gasteiger partial charge < -0.3 is 15.2 Å². The Hall–Kier alpha value is -1.39. The minimum atomic E-state index is -0.770. The second kappa shape index (κ2) is 5.29. The molecule has 0 radical (unpaired) electrons. The highest BCUT2D eigenvalue weighted by Gasteiger charge is 2.33. The lowest BCUT2D eigenvalue weighted by Gasteiger charge is -2.16. The van der Waals surface area contributed by atoms with Crippen LogP contribution in [0, 0.1) is 0 Å². The van der Waals surface area contributed by atoms with Crippen LogP contribution in [0.3, 0.4) is 0 Å². The van der Waals surface area contributed by atoms with E-state index < -0.39 is 12.0 Å². The molecule has 1 aromatic carbocycles. The summed E-state index contributed by atoms with van der Waals surface area (Å²) in [5.41, 5.74) is 2.19. The lowest BCUT2D eigenvalue weighted by molar-refractivity contribution is -0.139. The molecular weight excluding hydrogens is 218 g/mol. The second-order valence-corrected chi connectivity index (χ2v) is 4.34. The molecule has 0 spiro atoms. The van der Waals surface area contributed by atoms with Gasteiger partial charge >= 0.3 is 5.97 Å². The fourth-order valence-corrected chi connectivity index (χ4v) is 2.35. The number of carboxylic acids is 1. The third-order valence-electron chi connectivity index (χ3n) is 3.21. The van der Waals surface area contributed by atoms with Crippen molar-refractivity contribution in [3.63, 3.8) is 0 Å². The number of aliphatic carboxylic acids is 1. The van der Waals surface area contributed by atoms with Crippen LogP contribution in [0.25, 0.3) is 0 Å². The Labute approximate surface area is 101 Å². The van der Waals surface area contributed by atoms with Crippen LogP contribution in [0.5, 0.6) is 0 Å². The standard InChI is InChI=1S/C13H17NO3/c1-17-8-9-2-4-10(5-3-9)11-6-7-14-12(11)13(15)16/h2-5,11-12,14H,6-8H2,1H3,(H,15,16)/t11-,12-/m1/s1. The van der Waals surface area contributed by atoms with Crippen molar-refractivity contribution < 1.29 is 14.6 Å². The Bertz CT molecular complexity index is 388. The molecule has 1 heterocycles. The van der Waals surface area contributed by atoms with E-state index in [1.807, 2.05) is 24.3 Å². The van der Waals surface area contributed by atoms with Crippen molar-refractivity contribution in [2.45, 2.75) is 25.0 Å². The fourth-order valence-electron chi connectivity index (χ4n) is 2.35. The van der Waals surface area contributed by atoms with Gasteiger partial charge in [-0.25, -0.2) is 0 Å². The maximum Gasteiger partial charge on any atom is 0.321 e. The first-order valence-corrected chi connectivity index (χ1v) is 5.76. The van der Waals surface area contributed by atoms with Gasteiger partial charge in [-0.05, 0) is 24.1 Å². The summed E-state index contributed by atoms with van der Waals surface area (Å²) in [5.74, 6) is -0.697. The smallest absolute Gasteiger partial charge is 0.321 e. The Morgan fingerprint density at radius 3 is 2.76 bits per heavy atom. The summed E-state index contributed by atoms with van der Waals surface area (Å²) >= 11 is 0. The van der Waals surface area contributed by atoms with E-state index in [1.165, 1.54) is 0 Å². The number of carboxylic acid groups (broad SMARTS) is 1. The van der Waals surface area contributed by atoms with Crippen LogP contribution >= 0.6 is 0 Å². The molecule has 4 nitrogen and oxygen atoms in total. The molecule has 0 aromatic heterocycles. The Balaban J connectivity index is 2.13. The molecule has 0 aliphatic carbocycles. The third-order valence-corrected chi connectivity index (χ3v) is 3.21. The summed E-state index contributed by atoms with van der Waals surface area (Å²) in [6, 6.07) is 7.54. The average Bonchev–Trinajstić information content (AvgIpc) is 2.79. The van der Waals surface area contributed by atoms with Gasteiger partial charge in [-0.2, -0.15) is 0 Å². The van der Waals surface area contributed by atoms with Crippen molar-refractivity contribution in [3.8, 4) is 0 Å². The zero-order valence-corrected chi connectivity index (χ0v) is 9.85. The van der Waals surface area contributed by atoms with Crippen molar-refractivity contribution in [2.75, 3.05) is 13.7 Å². The zero-order valence-electron chi connectivity index (χ0n) is 9.85. The van der Waals surface area contributed by atoms with Gasteiger partial charge in [0.2, 0.25) is 0 Å². The van der Waals surface area contributed by atoms with E-state index in [0.717, 1.165) is 24.1 Å². The predicted octanol–water partition coefficient (Wildman–Crippen LogP) is 1.36. The predicted molar refractivity (Wildman–Crippen MR) is 63.9 cm³/mol. The molecule has 1 aromatic rings. The maximum absolute atomic E-state index is 11.1. The molecule has 4 heteroatoms. The largest absolute Gasteiger partial charge is 0.480 e. The number of rotatable bonds is 4. The number of hydrogen-bond donors (Lipinski definition) is 2. The van der Waals surface area contributed by atoms with Gasteiger partial charge in [-0.1, -0.05) is 24.3 Å². The molecule has 92 valence electrons. The summed E-state index contributed by atoms with van der Waals surface area (Å²) in [7, 11) is 1.66. The number of carbonyl (C=O) groups is 1. The van der Waals surface area contributed by atoms with Crippen LogP contribution in [0.1, 0.15) is 23.5 Å². The number of ether oxygens (including phenoxy) is 1. The third kappa shape index (κ3) is 2.65. The Morgan fingerprint density at radius 1 is 1.47 bits per heavy atom. The highest BCUT2D eigenvalue weighted by Crippen LogP contribution is 2.28. The van der Waals surface area contributed by atoms with Crippen molar-refractivity contribution in [2.24, 2.45) is 0 Å². The average molecular weight is 235 g/mol. The van der Waals surface area contributed by atoms with Gasteiger partial charge in [0, 0.05) is 13.0 Å².